The molecule has 0 nitrogen and oxygen atoms in total. The first-order valence-electron chi connectivity index (χ1n) is 3.41. The maximum absolute atomic E-state index is 13.2. The Bertz CT molecular complexity index is 276. The zero-order valence-electron chi connectivity index (χ0n) is 6.74. The summed E-state index contributed by atoms with van der Waals surface area (Å²) in [5.41, 5.74) is 1.71. The maximum atomic E-state index is 13.2. The highest BCUT2D eigenvalue weighted by Crippen LogP contribution is 2.46. The van der Waals surface area contributed by atoms with Crippen LogP contribution in [0.25, 0.3) is 0 Å². The molecule has 0 aromatic heterocycles. The van der Waals surface area contributed by atoms with Gasteiger partial charge in [-0.2, -0.15) is 0 Å². The summed E-state index contributed by atoms with van der Waals surface area (Å²) >= 11 is 11.3. The molecule has 0 aliphatic heterocycles. The van der Waals surface area contributed by atoms with E-state index in [1.165, 1.54) is 6.07 Å². The van der Waals surface area contributed by atoms with Crippen LogP contribution in [0.4, 0.5) is 4.39 Å². The minimum absolute atomic E-state index is 0.302. The van der Waals surface area contributed by atoms with E-state index < -0.39 is 6.63 Å². The average Bonchev–Trinajstić information content (AvgIpc) is 1.82. The Morgan fingerprint density at radius 1 is 1.25 bits per heavy atom. The lowest BCUT2D eigenvalue weighted by atomic mass is 10.1. The number of hydrogen-bond donors (Lipinski definition) is 0. The fourth-order valence-electron chi connectivity index (χ4n) is 1.12. The molecule has 0 saturated carbocycles. The molecule has 0 saturated heterocycles. The Morgan fingerprint density at radius 3 is 2.25 bits per heavy atom. The first kappa shape index (κ1) is 10.2. The number of benzene rings is 1. The molecule has 1 rings (SSSR count). The fraction of sp³-hybridized carbons (Fsp3) is 0.250. The van der Waals surface area contributed by atoms with Gasteiger partial charge in [0.05, 0.1) is 0 Å². The van der Waals surface area contributed by atoms with Crippen molar-refractivity contribution < 1.29 is 4.39 Å². The van der Waals surface area contributed by atoms with Gasteiger partial charge >= 0.3 is 0 Å². The summed E-state index contributed by atoms with van der Waals surface area (Å²) in [5, 5.41) is 0.443. The van der Waals surface area contributed by atoms with Crippen LogP contribution in [0, 0.1) is 19.7 Å². The Balaban J connectivity index is 3.28. The monoisotopic (exact) mass is 224 g/mol. The van der Waals surface area contributed by atoms with Crippen LogP contribution in [-0.2, 0) is 0 Å². The molecule has 1 aromatic carbocycles. The molecule has 1 aromatic rings. The van der Waals surface area contributed by atoms with Crippen LogP contribution in [-0.4, -0.2) is 0 Å². The molecule has 0 atom stereocenters. The van der Waals surface area contributed by atoms with Crippen molar-refractivity contribution in [1.29, 1.82) is 0 Å². The lowest BCUT2D eigenvalue weighted by Gasteiger charge is -2.07. The minimum atomic E-state index is -1.38. The zero-order chi connectivity index (χ0) is 9.30. The average molecular weight is 225 g/mol. The van der Waals surface area contributed by atoms with Crippen molar-refractivity contribution in [2.45, 2.75) is 13.8 Å². The summed E-state index contributed by atoms with van der Waals surface area (Å²) in [6.45, 7) is 2.27. The summed E-state index contributed by atoms with van der Waals surface area (Å²) in [6, 6.07) is 3.32. The number of halogens is 3. The SMILES string of the molecule is Cc1cc(C)c(P(Cl)Cl)c(F)c1. The Labute approximate surface area is 82.0 Å². The summed E-state index contributed by atoms with van der Waals surface area (Å²) < 4.78 is 13.2. The smallest absolute Gasteiger partial charge is 0.133 e. The molecule has 66 valence electrons. The third-order valence-electron chi connectivity index (χ3n) is 1.57. The van der Waals surface area contributed by atoms with Crippen LogP contribution >= 0.6 is 29.1 Å². The quantitative estimate of drug-likeness (QED) is 0.636. The molecule has 0 unspecified atom stereocenters. The predicted octanol–water partition coefficient (Wildman–Crippen LogP) is 3.86. The summed E-state index contributed by atoms with van der Waals surface area (Å²) in [6.07, 6.45) is 0. The van der Waals surface area contributed by atoms with Crippen molar-refractivity contribution in [2.75, 3.05) is 0 Å². The van der Waals surface area contributed by atoms with Crippen molar-refractivity contribution in [2.24, 2.45) is 0 Å². The molecule has 4 heteroatoms. The minimum Gasteiger partial charge on any atom is -0.206 e. The molecular formula is C8H8Cl2FP. The molecule has 0 radical (unpaired) electrons. The van der Waals surface area contributed by atoms with Crippen LogP contribution in [0.3, 0.4) is 0 Å². The van der Waals surface area contributed by atoms with Crippen molar-refractivity contribution in [3.63, 3.8) is 0 Å². The van der Waals surface area contributed by atoms with Crippen LogP contribution in [0.1, 0.15) is 11.1 Å². The summed E-state index contributed by atoms with van der Waals surface area (Å²) in [4.78, 5) is 0. The Hall–Kier alpha value is 0.160. The Kier molecular flexibility index (Phi) is 3.34. The highest BCUT2D eigenvalue weighted by atomic mass is 35.9. The molecule has 0 aliphatic rings. The molecule has 0 aliphatic carbocycles. The van der Waals surface area contributed by atoms with Crippen LogP contribution < -0.4 is 5.30 Å². The van der Waals surface area contributed by atoms with Gasteiger partial charge in [-0.1, -0.05) is 28.5 Å². The van der Waals surface area contributed by atoms with Crippen molar-refractivity contribution >= 4 is 34.4 Å². The van der Waals surface area contributed by atoms with E-state index in [1.54, 1.807) is 0 Å². The lowest BCUT2D eigenvalue weighted by Crippen LogP contribution is -2.07. The van der Waals surface area contributed by atoms with Crippen molar-refractivity contribution in [3.05, 3.63) is 29.1 Å². The third kappa shape index (κ3) is 2.10. The topological polar surface area (TPSA) is 0 Å². The number of rotatable bonds is 1. The fourth-order valence-corrected chi connectivity index (χ4v) is 2.96. The van der Waals surface area contributed by atoms with Crippen molar-refractivity contribution in [1.82, 2.24) is 0 Å². The standard InChI is InChI=1S/C8H8Cl2FP/c1-5-3-6(2)8(12(9)10)7(11)4-5/h3-4H,1-2H3. The highest BCUT2D eigenvalue weighted by molar-refractivity contribution is 8.08. The van der Waals surface area contributed by atoms with Crippen LogP contribution in [0.2, 0.25) is 0 Å². The zero-order valence-corrected chi connectivity index (χ0v) is 9.14. The molecule has 0 amide bonds. The van der Waals surface area contributed by atoms with Gasteiger partial charge in [-0.25, -0.2) is 4.39 Å². The second-order valence-corrected chi connectivity index (χ2v) is 6.11. The van der Waals surface area contributed by atoms with E-state index in [2.05, 4.69) is 0 Å². The Morgan fingerprint density at radius 2 is 1.83 bits per heavy atom. The summed E-state index contributed by atoms with van der Waals surface area (Å²) in [5.74, 6) is -0.302. The van der Waals surface area contributed by atoms with E-state index in [0.29, 0.717) is 5.30 Å². The van der Waals surface area contributed by atoms with Gasteiger partial charge < -0.3 is 0 Å². The summed E-state index contributed by atoms with van der Waals surface area (Å²) in [7, 11) is 0. The van der Waals surface area contributed by atoms with E-state index in [4.69, 9.17) is 22.5 Å². The molecule has 0 spiro atoms. The molecule has 0 fully saturated rings. The van der Waals surface area contributed by atoms with Crippen LogP contribution in [0.5, 0.6) is 0 Å². The normalized spacial score (nSPS) is 10.8. The van der Waals surface area contributed by atoms with Gasteiger partial charge in [0.2, 0.25) is 0 Å². The van der Waals surface area contributed by atoms with Gasteiger partial charge in [-0.15, -0.1) is 0 Å². The second kappa shape index (κ2) is 3.91. The van der Waals surface area contributed by atoms with Gasteiger partial charge in [0.25, 0.3) is 0 Å². The molecule has 12 heavy (non-hydrogen) atoms. The van der Waals surface area contributed by atoms with Crippen LogP contribution in [0.15, 0.2) is 12.1 Å². The maximum Gasteiger partial charge on any atom is 0.133 e. The highest BCUT2D eigenvalue weighted by Gasteiger charge is 2.13. The van der Waals surface area contributed by atoms with E-state index in [0.717, 1.165) is 11.1 Å². The van der Waals surface area contributed by atoms with E-state index >= 15 is 0 Å². The van der Waals surface area contributed by atoms with Crippen molar-refractivity contribution in [3.8, 4) is 0 Å². The number of aryl methyl sites for hydroxylation is 2. The first-order chi connectivity index (χ1) is 5.52. The first-order valence-corrected chi connectivity index (χ1v) is 6.56. The van der Waals surface area contributed by atoms with E-state index in [-0.39, 0.29) is 5.82 Å². The largest absolute Gasteiger partial charge is 0.206 e. The number of hydrogen-bond acceptors (Lipinski definition) is 0. The van der Waals surface area contributed by atoms with Gasteiger partial charge in [0.1, 0.15) is 12.4 Å². The second-order valence-electron chi connectivity index (χ2n) is 2.65. The van der Waals surface area contributed by atoms with Gasteiger partial charge in [-0.3, -0.25) is 0 Å². The van der Waals surface area contributed by atoms with E-state index in [1.807, 2.05) is 19.9 Å². The molecule has 0 heterocycles. The predicted molar refractivity (Wildman–Crippen MR) is 54.1 cm³/mol. The van der Waals surface area contributed by atoms with E-state index in [9.17, 15) is 4.39 Å². The molecule has 0 N–H and O–H groups in total. The lowest BCUT2D eigenvalue weighted by molar-refractivity contribution is 0.634. The van der Waals surface area contributed by atoms with Gasteiger partial charge in [0, 0.05) is 5.30 Å². The van der Waals surface area contributed by atoms with Gasteiger partial charge in [-0.05, 0) is 31.0 Å². The van der Waals surface area contributed by atoms with Gasteiger partial charge in [0.15, 0.2) is 0 Å². The molecule has 0 bridgehead atoms. The third-order valence-corrected chi connectivity index (χ3v) is 3.49. The molecular weight excluding hydrogens is 217 g/mol.